The van der Waals surface area contributed by atoms with Crippen LogP contribution in [0.15, 0.2) is 29.1 Å². The van der Waals surface area contributed by atoms with Crippen LogP contribution in [0.25, 0.3) is 5.52 Å². The van der Waals surface area contributed by atoms with Gasteiger partial charge in [-0.2, -0.15) is 0 Å². The van der Waals surface area contributed by atoms with Crippen LogP contribution in [0.1, 0.15) is 57.7 Å². The molecular formula is C16H23BrN2O. The van der Waals surface area contributed by atoms with Gasteiger partial charge in [0.2, 0.25) is 0 Å². The summed E-state index contributed by atoms with van der Waals surface area (Å²) >= 11 is 3.56. The maximum atomic E-state index is 10.7. The van der Waals surface area contributed by atoms with Gasteiger partial charge in [-0.05, 0) is 46.8 Å². The SMILES string of the molecule is CC.OC(c1c(Br)ccc2cncn12)C1CCCCC1. The summed E-state index contributed by atoms with van der Waals surface area (Å²) in [5, 5.41) is 10.7. The van der Waals surface area contributed by atoms with E-state index in [1.165, 1.54) is 19.3 Å². The van der Waals surface area contributed by atoms with Crippen molar-refractivity contribution < 1.29 is 5.11 Å². The van der Waals surface area contributed by atoms with Crippen LogP contribution in [0, 0.1) is 5.92 Å². The Morgan fingerprint density at radius 2 is 1.95 bits per heavy atom. The molecule has 20 heavy (non-hydrogen) atoms. The van der Waals surface area contributed by atoms with Crippen molar-refractivity contribution in [3.05, 3.63) is 34.8 Å². The van der Waals surface area contributed by atoms with E-state index in [1.807, 2.05) is 36.6 Å². The molecule has 1 aliphatic carbocycles. The molecule has 2 aromatic heterocycles. The maximum Gasteiger partial charge on any atom is 0.0995 e. The van der Waals surface area contributed by atoms with Gasteiger partial charge in [0.15, 0.2) is 0 Å². The second-order valence-corrected chi connectivity index (χ2v) is 5.95. The van der Waals surface area contributed by atoms with E-state index in [4.69, 9.17) is 0 Å². The molecule has 2 heterocycles. The lowest BCUT2D eigenvalue weighted by molar-refractivity contribution is 0.0795. The highest BCUT2D eigenvalue weighted by Gasteiger charge is 2.26. The van der Waals surface area contributed by atoms with E-state index < -0.39 is 6.10 Å². The average molecular weight is 339 g/mol. The van der Waals surface area contributed by atoms with Gasteiger partial charge in [0.05, 0.1) is 29.8 Å². The Morgan fingerprint density at radius 1 is 1.25 bits per heavy atom. The van der Waals surface area contributed by atoms with Gasteiger partial charge >= 0.3 is 0 Å². The molecule has 1 N–H and O–H groups in total. The Labute approximate surface area is 129 Å². The van der Waals surface area contributed by atoms with Gasteiger partial charge in [-0.3, -0.25) is 4.40 Å². The first-order valence-corrected chi connectivity index (χ1v) is 8.35. The summed E-state index contributed by atoms with van der Waals surface area (Å²) in [5.41, 5.74) is 1.97. The van der Waals surface area contributed by atoms with Crippen molar-refractivity contribution in [2.75, 3.05) is 0 Å². The fourth-order valence-corrected chi connectivity index (χ4v) is 3.50. The standard InChI is InChI=1S/C14H17BrN2O.C2H6/c15-12-7-6-11-8-16-9-17(11)13(12)14(18)10-4-2-1-3-5-10;1-2/h6-10,14,18H,1-5H2;1-2H3. The van der Waals surface area contributed by atoms with Crippen LogP contribution < -0.4 is 0 Å². The van der Waals surface area contributed by atoms with E-state index >= 15 is 0 Å². The number of rotatable bonds is 2. The molecule has 1 unspecified atom stereocenters. The number of aromatic nitrogens is 2. The van der Waals surface area contributed by atoms with Crippen LogP contribution in [0.5, 0.6) is 0 Å². The second kappa shape index (κ2) is 7.23. The summed E-state index contributed by atoms with van der Waals surface area (Å²) in [7, 11) is 0. The van der Waals surface area contributed by atoms with Gasteiger partial charge in [-0.15, -0.1) is 0 Å². The van der Waals surface area contributed by atoms with Crippen molar-refractivity contribution in [1.82, 2.24) is 9.38 Å². The second-order valence-electron chi connectivity index (χ2n) is 5.10. The Bertz CT molecular complexity index is 546. The minimum absolute atomic E-state index is 0.378. The summed E-state index contributed by atoms with van der Waals surface area (Å²) in [6.07, 6.45) is 9.22. The zero-order valence-corrected chi connectivity index (χ0v) is 13.8. The van der Waals surface area contributed by atoms with E-state index in [9.17, 15) is 5.11 Å². The van der Waals surface area contributed by atoms with E-state index in [0.717, 1.165) is 28.5 Å². The Morgan fingerprint density at radius 3 is 2.65 bits per heavy atom. The number of halogens is 1. The van der Waals surface area contributed by atoms with Gasteiger partial charge < -0.3 is 5.11 Å². The molecule has 0 bridgehead atoms. The highest BCUT2D eigenvalue weighted by Crippen LogP contribution is 2.37. The molecule has 3 rings (SSSR count). The fourth-order valence-electron chi connectivity index (χ4n) is 2.95. The number of aliphatic hydroxyl groups is 1. The number of fused-ring (bicyclic) bond motifs is 1. The van der Waals surface area contributed by atoms with Crippen LogP contribution in [-0.4, -0.2) is 14.5 Å². The summed E-state index contributed by atoms with van der Waals surface area (Å²) in [5.74, 6) is 0.378. The third kappa shape index (κ3) is 3.07. The van der Waals surface area contributed by atoms with Crippen molar-refractivity contribution in [2.24, 2.45) is 5.92 Å². The summed E-state index contributed by atoms with van der Waals surface area (Å²) in [6, 6.07) is 4.01. The van der Waals surface area contributed by atoms with Gasteiger partial charge in [-0.1, -0.05) is 33.1 Å². The number of nitrogens with zero attached hydrogens (tertiary/aromatic N) is 2. The lowest BCUT2D eigenvalue weighted by Crippen LogP contribution is -2.18. The Hall–Kier alpha value is -0.870. The van der Waals surface area contributed by atoms with E-state index in [1.54, 1.807) is 6.33 Å². The van der Waals surface area contributed by atoms with Crippen molar-refractivity contribution in [3.8, 4) is 0 Å². The highest BCUT2D eigenvalue weighted by molar-refractivity contribution is 9.10. The maximum absolute atomic E-state index is 10.7. The molecule has 1 fully saturated rings. The first kappa shape index (κ1) is 15.5. The van der Waals surface area contributed by atoms with Crippen molar-refractivity contribution >= 4 is 21.4 Å². The molecular weight excluding hydrogens is 316 g/mol. The van der Waals surface area contributed by atoms with Crippen LogP contribution in [-0.2, 0) is 0 Å². The lowest BCUT2D eigenvalue weighted by atomic mass is 9.84. The van der Waals surface area contributed by atoms with E-state index in [0.29, 0.717) is 5.92 Å². The zero-order chi connectivity index (χ0) is 14.5. The normalized spacial score (nSPS) is 17.6. The van der Waals surface area contributed by atoms with Gasteiger partial charge in [0.25, 0.3) is 0 Å². The molecule has 3 nitrogen and oxygen atoms in total. The molecule has 0 amide bonds. The number of hydrogen-bond donors (Lipinski definition) is 1. The third-order valence-corrected chi connectivity index (χ3v) is 4.62. The minimum Gasteiger partial charge on any atom is -0.387 e. The molecule has 0 saturated heterocycles. The van der Waals surface area contributed by atoms with Gasteiger partial charge in [0, 0.05) is 4.47 Å². The monoisotopic (exact) mass is 338 g/mol. The number of pyridine rings is 1. The summed E-state index contributed by atoms with van der Waals surface area (Å²) in [4.78, 5) is 4.16. The molecule has 0 aliphatic heterocycles. The highest BCUT2D eigenvalue weighted by atomic mass is 79.9. The Balaban J connectivity index is 0.000000704. The van der Waals surface area contributed by atoms with Gasteiger partial charge in [-0.25, -0.2) is 4.98 Å². The van der Waals surface area contributed by atoms with Crippen LogP contribution in [0.3, 0.4) is 0 Å². The van der Waals surface area contributed by atoms with E-state index in [2.05, 4.69) is 20.9 Å². The molecule has 0 spiro atoms. The molecule has 1 saturated carbocycles. The summed E-state index contributed by atoms with van der Waals surface area (Å²) in [6.45, 7) is 4.00. The molecule has 0 aromatic carbocycles. The van der Waals surface area contributed by atoms with Crippen LogP contribution in [0.4, 0.5) is 0 Å². The average Bonchev–Trinajstić information content (AvgIpc) is 2.98. The van der Waals surface area contributed by atoms with Gasteiger partial charge in [0.1, 0.15) is 0 Å². The lowest BCUT2D eigenvalue weighted by Gasteiger charge is -2.27. The molecule has 1 aliphatic rings. The fraction of sp³-hybridized carbons (Fsp3) is 0.562. The zero-order valence-electron chi connectivity index (χ0n) is 12.2. The largest absolute Gasteiger partial charge is 0.387 e. The number of aliphatic hydroxyl groups excluding tert-OH is 1. The smallest absolute Gasteiger partial charge is 0.0995 e. The molecule has 2 aromatic rings. The van der Waals surface area contributed by atoms with Crippen LogP contribution >= 0.6 is 15.9 Å². The van der Waals surface area contributed by atoms with Crippen molar-refractivity contribution in [1.29, 1.82) is 0 Å². The minimum atomic E-state index is -0.405. The topological polar surface area (TPSA) is 37.5 Å². The van der Waals surface area contributed by atoms with E-state index in [-0.39, 0.29) is 0 Å². The summed E-state index contributed by atoms with van der Waals surface area (Å²) < 4.78 is 2.95. The number of imidazole rings is 1. The molecule has 4 heteroatoms. The quantitative estimate of drug-likeness (QED) is 0.858. The predicted octanol–water partition coefficient (Wildman–Crippen LogP) is 4.74. The molecule has 1 atom stereocenters. The Kier molecular flexibility index (Phi) is 5.61. The predicted molar refractivity (Wildman–Crippen MR) is 85.8 cm³/mol. The first-order valence-electron chi connectivity index (χ1n) is 7.56. The van der Waals surface area contributed by atoms with Crippen LogP contribution in [0.2, 0.25) is 0 Å². The number of hydrogen-bond acceptors (Lipinski definition) is 2. The third-order valence-electron chi connectivity index (χ3n) is 3.95. The molecule has 0 radical (unpaired) electrons. The van der Waals surface area contributed by atoms with Crippen molar-refractivity contribution in [2.45, 2.75) is 52.1 Å². The first-order chi connectivity index (χ1) is 9.77. The van der Waals surface area contributed by atoms with Crippen molar-refractivity contribution in [3.63, 3.8) is 0 Å². The molecule has 110 valence electrons.